The number of aromatic nitrogens is 3. The predicted molar refractivity (Wildman–Crippen MR) is 123 cm³/mol. The van der Waals surface area contributed by atoms with Crippen LogP contribution in [0.25, 0.3) is 5.69 Å². The molecule has 0 aliphatic rings. The van der Waals surface area contributed by atoms with Crippen LogP contribution in [0.4, 0.5) is 13.2 Å². The van der Waals surface area contributed by atoms with Crippen LogP contribution in [0.15, 0.2) is 85.1 Å². The molecule has 0 aliphatic carbocycles. The molecule has 172 valence electrons. The summed E-state index contributed by atoms with van der Waals surface area (Å²) in [5.41, 5.74) is 0.452. The smallest absolute Gasteiger partial charge is 0.335 e. The van der Waals surface area contributed by atoms with E-state index >= 15 is 0 Å². The van der Waals surface area contributed by atoms with E-state index in [9.17, 15) is 18.0 Å². The molecule has 2 aromatic carbocycles. The minimum Gasteiger partial charge on any atom is -0.335 e. The Hall–Kier alpha value is -3.33. The van der Waals surface area contributed by atoms with Crippen molar-refractivity contribution in [2.24, 2.45) is 0 Å². The Morgan fingerprint density at radius 2 is 1.73 bits per heavy atom. The number of hydrogen-bond acceptors (Lipinski definition) is 4. The van der Waals surface area contributed by atoms with Gasteiger partial charge in [0.2, 0.25) is 5.91 Å². The number of hydrogen-bond donors (Lipinski definition) is 0. The second kappa shape index (κ2) is 11.0. The Balaban J connectivity index is 1.95. The molecular formula is C24H23F3N4OS. The maximum absolute atomic E-state index is 13.3. The molecule has 5 nitrogen and oxygen atoms in total. The van der Waals surface area contributed by atoms with Crippen molar-refractivity contribution in [2.75, 3.05) is 18.8 Å². The molecule has 3 rings (SSSR count). The lowest BCUT2D eigenvalue weighted by Gasteiger charge is -2.19. The lowest BCUT2D eigenvalue weighted by molar-refractivity contribution is -0.137. The second-order valence-electron chi connectivity index (χ2n) is 7.11. The van der Waals surface area contributed by atoms with Crippen molar-refractivity contribution in [1.82, 2.24) is 19.7 Å². The van der Waals surface area contributed by atoms with Crippen molar-refractivity contribution >= 4 is 17.7 Å². The number of nitrogens with zero attached hydrogens (tertiary/aromatic N) is 4. The van der Waals surface area contributed by atoms with Crippen molar-refractivity contribution in [1.29, 1.82) is 0 Å². The summed E-state index contributed by atoms with van der Waals surface area (Å²) in [4.78, 5) is 14.2. The molecule has 0 fully saturated rings. The number of carbonyl (C=O) groups excluding carboxylic acids is 1. The van der Waals surface area contributed by atoms with E-state index in [1.165, 1.54) is 6.07 Å². The second-order valence-corrected chi connectivity index (χ2v) is 8.05. The van der Waals surface area contributed by atoms with Crippen LogP contribution < -0.4 is 0 Å². The van der Waals surface area contributed by atoms with Gasteiger partial charge in [-0.2, -0.15) is 13.2 Å². The highest BCUT2D eigenvalue weighted by Crippen LogP contribution is 2.32. The van der Waals surface area contributed by atoms with Gasteiger partial charge in [-0.15, -0.1) is 23.4 Å². The van der Waals surface area contributed by atoms with Gasteiger partial charge in [-0.05, 0) is 23.8 Å². The zero-order chi connectivity index (χ0) is 23.8. The number of alkyl halides is 3. The molecule has 0 aliphatic heterocycles. The first kappa shape index (κ1) is 24.3. The van der Waals surface area contributed by atoms with Crippen LogP contribution in [0.1, 0.15) is 17.0 Å². The standard InChI is InChI=1S/C24H23F3N4OS/c1-3-13-30(14-4-2)22(32)17-33-23-29-28-21(15-18-9-6-5-7-10-18)31(23)20-12-8-11-19(16-20)24(25,26)27/h3-12,16H,1-2,13-15,17H2. The lowest BCUT2D eigenvalue weighted by atomic mass is 10.1. The van der Waals surface area contributed by atoms with E-state index in [0.29, 0.717) is 30.5 Å². The van der Waals surface area contributed by atoms with Crippen LogP contribution in [-0.2, 0) is 17.4 Å². The molecule has 1 aromatic heterocycles. The van der Waals surface area contributed by atoms with E-state index in [1.807, 2.05) is 30.3 Å². The Morgan fingerprint density at radius 3 is 2.36 bits per heavy atom. The number of amides is 1. The van der Waals surface area contributed by atoms with Gasteiger partial charge in [-0.3, -0.25) is 9.36 Å². The van der Waals surface area contributed by atoms with Crippen LogP contribution in [0.3, 0.4) is 0 Å². The fraction of sp³-hybridized carbons (Fsp3) is 0.208. The SMILES string of the molecule is C=CCN(CC=C)C(=O)CSc1nnc(Cc2ccccc2)n1-c1cccc(C(F)(F)F)c1. The quantitative estimate of drug-likeness (QED) is 0.302. The summed E-state index contributed by atoms with van der Waals surface area (Å²) >= 11 is 1.12. The maximum atomic E-state index is 13.3. The summed E-state index contributed by atoms with van der Waals surface area (Å²) in [6.07, 6.45) is -0.870. The van der Waals surface area contributed by atoms with E-state index in [1.54, 1.807) is 27.7 Å². The van der Waals surface area contributed by atoms with Gasteiger partial charge in [0.1, 0.15) is 5.82 Å². The minimum absolute atomic E-state index is 0.0457. The Morgan fingerprint density at radius 1 is 1.03 bits per heavy atom. The first-order valence-electron chi connectivity index (χ1n) is 10.1. The third-order valence-corrected chi connectivity index (χ3v) is 5.63. The molecule has 0 N–H and O–H groups in total. The van der Waals surface area contributed by atoms with E-state index < -0.39 is 11.7 Å². The van der Waals surface area contributed by atoms with Crippen molar-refractivity contribution in [3.63, 3.8) is 0 Å². The Kier molecular flexibility index (Phi) is 8.11. The number of halogens is 3. The summed E-state index contributed by atoms with van der Waals surface area (Å²) < 4.78 is 41.6. The number of thioether (sulfide) groups is 1. The van der Waals surface area contributed by atoms with Gasteiger partial charge in [0.05, 0.1) is 17.0 Å². The molecule has 33 heavy (non-hydrogen) atoms. The molecule has 0 bridgehead atoms. The van der Waals surface area contributed by atoms with Gasteiger partial charge in [0.15, 0.2) is 5.16 Å². The van der Waals surface area contributed by atoms with Gasteiger partial charge in [-0.25, -0.2) is 0 Å². The van der Waals surface area contributed by atoms with Gasteiger partial charge < -0.3 is 4.90 Å². The van der Waals surface area contributed by atoms with Crippen molar-refractivity contribution in [3.8, 4) is 5.69 Å². The molecule has 0 unspecified atom stereocenters. The molecular weight excluding hydrogens is 449 g/mol. The Bertz CT molecular complexity index is 1100. The lowest BCUT2D eigenvalue weighted by Crippen LogP contribution is -2.32. The first-order valence-corrected chi connectivity index (χ1v) is 11.1. The summed E-state index contributed by atoms with van der Waals surface area (Å²) in [5.74, 6) is 0.358. The van der Waals surface area contributed by atoms with Crippen molar-refractivity contribution in [3.05, 3.63) is 96.9 Å². The summed E-state index contributed by atoms with van der Waals surface area (Å²) in [5, 5.41) is 8.75. The van der Waals surface area contributed by atoms with Gasteiger partial charge in [0, 0.05) is 19.5 Å². The third kappa shape index (κ3) is 6.35. The van der Waals surface area contributed by atoms with Gasteiger partial charge >= 0.3 is 6.18 Å². The van der Waals surface area contributed by atoms with E-state index in [4.69, 9.17) is 0 Å². The zero-order valence-electron chi connectivity index (χ0n) is 17.8. The molecule has 3 aromatic rings. The predicted octanol–water partition coefficient (Wildman–Crippen LogP) is 5.17. The van der Waals surface area contributed by atoms with Crippen LogP contribution in [0, 0.1) is 0 Å². The molecule has 0 spiro atoms. The highest BCUT2D eigenvalue weighted by molar-refractivity contribution is 7.99. The van der Waals surface area contributed by atoms with Crippen molar-refractivity contribution in [2.45, 2.75) is 17.8 Å². The minimum atomic E-state index is -4.48. The molecule has 0 saturated carbocycles. The summed E-state index contributed by atoms with van der Waals surface area (Å²) in [6, 6.07) is 14.4. The third-order valence-electron chi connectivity index (χ3n) is 4.71. The molecule has 0 atom stereocenters. The average molecular weight is 473 g/mol. The number of benzene rings is 2. The maximum Gasteiger partial charge on any atom is 0.416 e. The fourth-order valence-electron chi connectivity index (χ4n) is 3.17. The van der Waals surface area contributed by atoms with E-state index in [-0.39, 0.29) is 17.3 Å². The first-order chi connectivity index (χ1) is 15.8. The zero-order valence-corrected chi connectivity index (χ0v) is 18.6. The van der Waals surface area contributed by atoms with Crippen molar-refractivity contribution < 1.29 is 18.0 Å². The number of rotatable bonds is 10. The number of carbonyl (C=O) groups is 1. The van der Waals surface area contributed by atoms with Crippen LogP contribution in [0.5, 0.6) is 0 Å². The van der Waals surface area contributed by atoms with Gasteiger partial charge in [-0.1, -0.05) is 60.3 Å². The van der Waals surface area contributed by atoms with E-state index in [2.05, 4.69) is 23.4 Å². The Labute approximate surface area is 194 Å². The molecule has 1 heterocycles. The van der Waals surface area contributed by atoms with Crippen LogP contribution >= 0.6 is 11.8 Å². The highest BCUT2D eigenvalue weighted by atomic mass is 32.2. The molecule has 0 saturated heterocycles. The highest BCUT2D eigenvalue weighted by Gasteiger charge is 2.31. The van der Waals surface area contributed by atoms with E-state index in [0.717, 1.165) is 29.5 Å². The van der Waals surface area contributed by atoms with Gasteiger partial charge in [0.25, 0.3) is 0 Å². The molecule has 9 heteroatoms. The average Bonchev–Trinajstić information content (AvgIpc) is 3.19. The summed E-state index contributed by atoms with van der Waals surface area (Å²) in [6.45, 7) is 8.04. The fourth-order valence-corrected chi connectivity index (χ4v) is 4.05. The largest absolute Gasteiger partial charge is 0.416 e. The summed E-state index contributed by atoms with van der Waals surface area (Å²) in [7, 11) is 0. The molecule has 0 radical (unpaired) electrons. The molecule has 1 amide bonds. The van der Waals surface area contributed by atoms with Crippen LogP contribution in [0.2, 0.25) is 0 Å². The normalized spacial score (nSPS) is 11.2. The topological polar surface area (TPSA) is 51.0 Å². The monoisotopic (exact) mass is 472 g/mol. The van der Waals surface area contributed by atoms with Crippen LogP contribution in [-0.4, -0.2) is 44.4 Å².